The van der Waals surface area contributed by atoms with E-state index in [2.05, 4.69) is 12.2 Å². The number of hydrogen-bond donors (Lipinski definition) is 0. The maximum Gasteiger partial charge on any atom is 0.318 e. The normalized spacial score (nSPS) is 24.4. The van der Waals surface area contributed by atoms with E-state index in [1.165, 1.54) is 12.8 Å². The zero-order valence-corrected chi connectivity index (χ0v) is 5.18. The summed E-state index contributed by atoms with van der Waals surface area (Å²) in [5.41, 5.74) is 0. The van der Waals surface area contributed by atoms with Gasteiger partial charge in [0.2, 0.25) is 0 Å². The highest BCUT2D eigenvalue weighted by molar-refractivity contribution is 5.90. The van der Waals surface area contributed by atoms with Gasteiger partial charge in [-0.1, -0.05) is 6.08 Å². The molecule has 0 saturated heterocycles. The molecule has 0 unspecified atom stereocenters. The first-order chi connectivity index (χ1) is 3.93. The molecule has 0 saturated carbocycles. The summed E-state index contributed by atoms with van der Waals surface area (Å²) in [6.07, 6.45) is 7.80. The van der Waals surface area contributed by atoms with Gasteiger partial charge in [-0.05, 0) is 12.8 Å². The lowest BCUT2D eigenvalue weighted by atomic mass is 10.1. The van der Waals surface area contributed by atoms with Crippen LogP contribution in [0.4, 0.5) is 0 Å². The molecule has 0 aliphatic heterocycles. The number of carbonyl (C=O) groups excluding carboxylic acids is 1. The average Bonchev–Trinajstić information content (AvgIpc) is 1.90. The number of ketones is 1. The molecule has 0 aromatic carbocycles. The molecule has 0 N–H and O–H groups in total. The van der Waals surface area contributed by atoms with Crippen molar-refractivity contribution in [1.29, 1.82) is 0 Å². The average molecular weight is 111 g/mol. The summed E-state index contributed by atoms with van der Waals surface area (Å²) in [4.78, 5) is 0. The zero-order chi connectivity index (χ0) is 5.82. The zero-order valence-electron chi connectivity index (χ0n) is 5.18. The predicted molar refractivity (Wildman–Crippen MR) is 33.9 cm³/mol. The summed E-state index contributed by atoms with van der Waals surface area (Å²) in [7, 11) is 1.73. The van der Waals surface area contributed by atoms with E-state index in [1.54, 1.807) is 7.11 Å². The minimum atomic E-state index is 1.12. The molecule has 1 rings (SSSR count). The van der Waals surface area contributed by atoms with E-state index in [4.69, 9.17) is 4.42 Å². The molecule has 0 amide bonds. The fraction of sp³-hybridized carbons (Fsp3) is 0.571. The minimum absolute atomic E-state index is 1.12. The van der Waals surface area contributed by atoms with E-state index < -0.39 is 0 Å². The van der Waals surface area contributed by atoms with Gasteiger partial charge in [-0.3, -0.25) is 4.42 Å². The Kier molecular flexibility index (Phi) is 1.84. The van der Waals surface area contributed by atoms with E-state index in [0.717, 1.165) is 12.2 Å². The molecular weight excluding hydrogens is 100 g/mol. The lowest BCUT2D eigenvalue weighted by molar-refractivity contribution is -0.420. The van der Waals surface area contributed by atoms with Crippen LogP contribution in [0, 0.1) is 0 Å². The summed E-state index contributed by atoms with van der Waals surface area (Å²) in [5.74, 6) is 1.12. The highest BCUT2D eigenvalue weighted by Crippen LogP contribution is 2.05. The molecule has 0 radical (unpaired) electrons. The minimum Gasteiger partial charge on any atom is -0.262 e. The molecule has 1 aliphatic rings. The highest BCUT2D eigenvalue weighted by Gasteiger charge is 2.07. The van der Waals surface area contributed by atoms with Crippen LogP contribution in [0.2, 0.25) is 0 Å². The van der Waals surface area contributed by atoms with Crippen LogP contribution in [0.1, 0.15) is 19.3 Å². The van der Waals surface area contributed by atoms with Crippen molar-refractivity contribution in [2.45, 2.75) is 19.3 Å². The van der Waals surface area contributed by atoms with Crippen molar-refractivity contribution >= 4 is 5.78 Å². The van der Waals surface area contributed by atoms with Crippen molar-refractivity contribution in [3.05, 3.63) is 12.2 Å². The largest absolute Gasteiger partial charge is 0.318 e. The van der Waals surface area contributed by atoms with Gasteiger partial charge in [0.15, 0.2) is 0 Å². The van der Waals surface area contributed by atoms with Gasteiger partial charge in [-0.25, -0.2) is 0 Å². The van der Waals surface area contributed by atoms with E-state index in [1.807, 2.05) is 0 Å². The molecule has 1 nitrogen and oxygen atoms in total. The SMILES string of the molecule is C[O+]=C1C=CCCC1. The Labute approximate surface area is 49.7 Å². The van der Waals surface area contributed by atoms with Crippen LogP contribution < -0.4 is 0 Å². The van der Waals surface area contributed by atoms with E-state index >= 15 is 0 Å². The van der Waals surface area contributed by atoms with Gasteiger partial charge in [-0.15, -0.1) is 0 Å². The smallest absolute Gasteiger partial charge is 0.262 e. The number of rotatable bonds is 0. The lowest BCUT2D eigenvalue weighted by Gasteiger charge is -1.94. The van der Waals surface area contributed by atoms with Gasteiger partial charge in [-0.2, -0.15) is 0 Å². The summed E-state index contributed by atoms with van der Waals surface area (Å²) in [6.45, 7) is 0. The number of allylic oxidation sites excluding steroid dienone is 2. The molecule has 0 bridgehead atoms. The van der Waals surface area contributed by atoms with Crippen molar-refractivity contribution in [2.75, 3.05) is 7.11 Å². The quantitative estimate of drug-likeness (QED) is 0.419. The second-order valence-electron chi connectivity index (χ2n) is 1.97. The predicted octanol–water partition coefficient (Wildman–Crippen LogP) is 1.46. The van der Waals surface area contributed by atoms with Crippen molar-refractivity contribution < 1.29 is 4.42 Å². The second kappa shape index (κ2) is 2.65. The van der Waals surface area contributed by atoms with Crippen LogP contribution in [0.15, 0.2) is 12.2 Å². The fourth-order valence-electron chi connectivity index (χ4n) is 0.862. The third kappa shape index (κ3) is 1.19. The van der Waals surface area contributed by atoms with Gasteiger partial charge >= 0.3 is 5.78 Å². The molecule has 1 heteroatoms. The maximum absolute atomic E-state index is 5.02. The van der Waals surface area contributed by atoms with E-state index in [-0.39, 0.29) is 0 Å². The molecule has 0 atom stereocenters. The van der Waals surface area contributed by atoms with Gasteiger partial charge in [0.05, 0.1) is 6.42 Å². The Bertz CT molecular complexity index is 122. The van der Waals surface area contributed by atoms with Crippen LogP contribution in [-0.2, 0) is 4.42 Å². The first-order valence-corrected chi connectivity index (χ1v) is 3.00. The van der Waals surface area contributed by atoms with Crippen LogP contribution in [0.3, 0.4) is 0 Å². The third-order valence-electron chi connectivity index (χ3n) is 1.36. The second-order valence-corrected chi connectivity index (χ2v) is 1.97. The molecule has 1 aliphatic carbocycles. The van der Waals surface area contributed by atoms with Crippen molar-refractivity contribution in [3.63, 3.8) is 0 Å². The molecular formula is C7H11O+. The topological polar surface area (TPSA) is 11.3 Å². The van der Waals surface area contributed by atoms with Crippen molar-refractivity contribution in [1.82, 2.24) is 0 Å². The van der Waals surface area contributed by atoms with Gasteiger partial charge in [0.1, 0.15) is 0 Å². The summed E-state index contributed by atoms with van der Waals surface area (Å²) in [5, 5.41) is 0. The van der Waals surface area contributed by atoms with Crippen LogP contribution >= 0.6 is 0 Å². The van der Waals surface area contributed by atoms with E-state index in [0.29, 0.717) is 0 Å². The van der Waals surface area contributed by atoms with E-state index in [9.17, 15) is 0 Å². The Balaban J connectivity index is 2.56. The highest BCUT2D eigenvalue weighted by atomic mass is 16.4. The summed E-state index contributed by atoms with van der Waals surface area (Å²) < 4.78 is 5.02. The van der Waals surface area contributed by atoms with Crippen LogP contribution in [-0.4, -0.2) is 12.9 Å². The van der Waals surface area contributed by atoms with Gasteiger partial charge in [0.25, 0.3) is 7.11 Å². The maximum atomic E-state index is 5.02. The van der Waals surface area contributed by atoms with Gasteiger partial charge < -0.3 is 0 Å². The van der Waals surface area contributed by atoms with Crippen molar-refractivity contribution in [2.24, 2.45) is 0 Å². The van der Waals surface area contributed by atoms with Crippen molar-refractivity contribution in [3.8, 4) is 0 Å². The number of hydrogen-bond acceptors (Lipinski definition) is 0. The van der Waals surface area contributed by atoms with Crippen LogP contribution in [0.25, 0.3) is 0 Å². The third-order valence-corrected chi connectivity index (χ3v) is 1.36. The molecule has 8 heavy (non-hydrogen) atoms. The first-order valence-electron chi connectivity index (χ1n) is 3.00. The van der Waals surface area contributed by atoms with Gasteiger partial charge in [0, 0.05) is 6.08 Å². The molecule has 0 aromatic rings. The molecule has 0 aromatic heterocycles. The van der Waals surface area contributed by atoms with Crippen LogP contribution in [0.5, 0.6) is 0 Å². The molecule has 0 fully saturated rings. The Morgan fingerprint density at radius 2 is 2.50 bits per heavy atom. The molecule has 0 heterocycles. The first kappa shape index (κ1) is 5.54. The Morgan fingerprint density at radius 1 is 1.62 bits per heavy atom. The standard InChI is InChI=1S/C7H11O/c1-8-7-5-3-2-4-6-7/h3,5H,2,4,6H2,1H3/q+1. The summed E-state index contributed by atoms with van der Waals surface area (Å²) in [6, 6.07) is 0. The summed E-state index contributed by atoms with van der Waals surface area (Å²) >= 11 is 0. The fourth-order valence-corrected chi connectivity index (χ4v) is 0.862. The lowest BCUT2D eigenvalue weighted by Crippen LogP contribution is -1.99. The molecule has 0 spiro atoms. The Morgan fingerprint density at radius 3 is 2.88 bits per heavy atom. The Hall–Kier alpha value is -0.590. The molecule has 44 valence electrons. The monoisotopic (exact) mass is 111 g/mol.